The van der Waals surface area contributed by atoms with Crippen molar-refractivity contribution in [1.29, 1.82) is 0 Å². The second-order valence-electron chi connectivity index (χ2n) is 10.6. The molecule has 4 atom stereocenters. The summed E-state index contributed by atoms with van der Waals surface area (Å²) < 4.78 is 0. The number of fused-ring (bicyclic) bond motifs is 5. The zero-order valence-electron chi connectivity index (χ0n) is 18.3. The number of para-hydroxylation sites is 1. The van der Waals surface area contributed by atoms with Crippen molar-refractivity contribution in [3.63, 3.8) is 0 Å². The van der Waals surface area contributed by atoms with Crippen molar-refractivity contribution in [3.8, 4) is 0 Å². The fraction of sp³-hybridized carbons (Fsp3) is 0.542. The van der Waals surface area contributed by atoms with Crippen LogP contribution in [0.4, 0.5) is 5.69 Å². The number of hydrogen-bond acceptors (Lipinski definition) is 4. The molecule has 2 saturated heterocycles. The van der Waals surface area contributed by atoms with E-state index in [2.05, 4.69) is 11.0 Å². The van der Waals surface area contributed by atoms with Gasteiger partial charge in [-0.25, -0.2) is 0 Å². The van der Waals surface area contributed by atoms with Gasteiger partial charge in [-0.3, -0.25) is 19.3 Å². The van der Waals surface area contributed by atoms with Crippen LogP contribution in [-0.4, -0.2) is 40.1 Å². The number of amides is 2. The third kappa shape index (κ3) is 2.70. The quantitative estimate of drug-likeness (QED) is 0.682. The van der Waals surface area contributed by atoms with E-state index in [1.165, 1.54) is 4.90 Å². The number of anilines is 1. The lowest BCUT2D eigenvalue weighted by Gasteiger charge is -2.40. The zero-order chi connectivity index (χ0) is 21.5. The van der Waals surface area contributed by atoms with Crippen molar-refractivity contribution in [2.24, 2.45) is 17.3 Å². The SMILES string of the molecule is CC1=C[C@@H]2[C@@H]3C(=O)N(C(C)(C)C)C(=O)[C@@H]3[C@@H](C(=O)C(C)(C)C)N2c2ccccc21. The van der Waals surface area contributed by atoms with Gasteiger partial charge in [0.25, 0.3) is 0 Å². The van der Waals surface area contributed by atoms with Gasteiger partial charge in [0.2, 0.25) is 11.8 Å². The molecule has 5 heteroatoms. The van der Waals surface area contributed by atoms with Gasteiger partial charge >= 0.3 is 0 Å². The number of likely N-dealkylation sites (tertiary alicyclic amines) is 1. The number of benzene rings is 1. The van der Waals surface area contributed by atoms with E-state index in [1.54, 1.807) is 0 Å². The van der Waals surface area contributed by atoms with E-state index in [0.29, 0.717) is 0 Å². The Labute approximate surface area is 172 Å². The summed E-state index contributed by atoms with van der Waals surface area (Å²) in [6.45, 7) is 13.3. The molecule has 1 aromatic rings. The zero-order valence-corrected chi connectivity index (χ0v) is 18.3. The summed E-state index contributed by atoms with van der Waals surface area (Å²) in [5.74, 6) is -1.53. The van der Waals surface area contributed by atoms with Crippen LogP contribution >= 0.6 is 0 Å². The van der Waals surface area contributed by atoms with Crippen LogP contribution in [0.1, 0.15) is 54.0 Å². The maximum Gasteiger partial charge on any atom is 0.236 e. The molecule has 0 N–H and O–H groups in total. The largest absolute Gasteiger partial charge is 0.353 e. The highest BCUT2D eigenvalue weighted by Gasteiger charge is 2.66. The molecule has 0 bridgehead atoms. The average molecular weight is 395 g/mol. The minimum Gasteiger partial charge on any atom is -0.353 e. The number of carbonyl (C=O) groups excluding carboxylic acids is 3. The molecule has 2 fully saturated rings. The second kappa shape index (κ2) is 6.04. The molecule has 3 aliphatic rings. The molecule has 5 nitrogen and oxygen atoms in total. The van der Waals surface area contributed by atoms with Gasteiger partial charge in [-0.05, 0) is 39.3 Å². The standard InChI is InChI=1S/C24H30N2O3/c1-13-12-16-17-18(22(29)26(21(17)28)24(5,6)7)19(20(27)23(2,3)4)25(16)15-11-9-8-10-14(13)15/h8-12,16-19H,1-7H3/t16-,17+,18+,19+/m1/s1. The van der Waals surface area contributed by atoms with Crippen molar-refractivity contribution in [3.05, 3.63) is 35.9 Å². The highest BCUT2D eigenvalue weighted by molar-refractivity contribution is 6.12. The van der Waals surface area contributed by atoms with E-state index in [4.69, 9.17) is 0 Å². The summed E-state index contributed by atoms with van der Waals surface area (Å²) >= 11 is 0. The smallest absolute Gasteiger partial charge is 0.236 e. The lowest BCUT2D eigenvalue weighted by atomic mass is 9.79. The van der Waals surface area contributed by atoms with E-state index in [9.17, 15) is 14.4 Å². The Hall–Kier alpha value is -2.43. The van der Waals surface area contributed by atoms with Crippen molar-refractivity contribution in [2.45, 2.75) is 66.1 Å². The number of allylic oxidation sites excluding steroid dienone is 1. The molecule has 0 unspecified atom stereocenters. The molecule has 1 aromatic carbocycles. The van der Waals surface area contributed by atoms with Gasteiger partial charge in [0.1, 0.15) is 6.04 Å². The van der Waals surface area contributed by atoms with Crippen molar-refractivity contribution in [2.75, 3.05) is 4.90 Å². The summed E-state index contributed by atoms with van der Waals surface area (Å²) in [7, 11) is 0. The van der Waals surface area contributed by atoms with Gasteiger partial charge in [-0.15, -0.1) is 0 Å². The van der Waals surface area contributed by atoms with Crippen LogP contribution in [0.15, 0.2) is 30.3 Å². The molecule has 0 radical (unpaired) electrons. The third-order valence-electron chi connectivity index (χ3n) is 6.43. The van der Waals surface area contributed by atoms with Crippen LogP contribution in [-0.2, 0) is 14.4 Å². The number of hydrogen-bond donors (Lipinski definition) is 0. The van der Waals surface area contributed by atoms with Gasteiger partial charge in [0.05, 0.1) is 17.9 Å². The summed E-state index contributed by atoms with van der Waals surface area (Å²) in [6.07, 6.45) is 2.08. The number of ketones is 1. The monoisotopic (exact) mass is 394 g/mol. The first-order valence-electron chi connectivity index (χ1n) is 10.3. The van der Waals surface area contributed by atoms with Crippen molar-refractivity contribution in [1.82, 2.24) is 4.90 Å². The normalized spacial score (nSPS) is 28.9. The highest BCUT2D eigenvalue weighted by Crippen LogP contribution is 2.51. The molecule has 0 saturated carbocycles. The molecule has 3 heterocycles. The lowest BCUT2D eigenvalue weighted by Crippen LogP contribution is -2.54. The Morgan fingerprint density at radius 2 is 1.52 bits per heavy atom. The Bertz CT molecular complexity index is 948. The van der Waals surface area contributed by atoms with Gasteiger partial charge in [0, 0.05) is 22.2 Å². The molecule has 0 aromatic heterocycles. The fourth-order valence-electron chi connectivity index (χ4n) is 5.20. The number of Topliss-reactive ketones (excluding diaryl/α,β-unsaturated/α-hetero) is 1. The maximum absolute atomic E-state index is 13.6. The van der Waals surface area contributed by atoms with Crippen LogP contribution < -0.4 is 4.90 Å². The van der Waals surface area contributed by atoms with E-state index in [0.717, 1.165) is 16.8 Å². The van der Waals surface area contributed by atoms with Gasteiger partial charge in [-0.2, -0.15) is 0 Å². The maximum atomic E-state index is 13.6. The van der Waals surface area contributed by atoms with E-state index >= 15 is 0 Å². The Kier molecular flexibility index (Phi) is 4.14. The number of carbonyl (C=O) groups is 3. The third-order valence-corrected chi connectivity index (χ3v) is 6.43. The van der Waals surface area contributed by atoms with Crippen LogP contribution in [0.3, 0.4) is 0 Å². The molecule has 0 spiro atoms. The molecule has 154 valence electrons. The lowest BCUT2D eigenvalue weighted by molar-refractivity contribution is -0.146. The second-order valence-corrected chi connectivity index (χ2v) is 10.6. The summed E-state index contributed by atoms with van der Waals surface area (Å²) in [6, 6.07) is 7.04. The first kappa shape index (κ1) is 19.9. The Balaban J connectivity index is 1.93. The van der Waals surface area contributed by atoms with Crippen molar-refractivity contribution < 1.29 is 14.4 Å². The minimum atomic E-state index is -0.645. The van der Waals surface area contributed by atoms with Crippen LogP contribution in [0.2, 0.25) is 0 Å². The Morgan fingerprint density at radius 1 is 0.931 bits per heavy atom. The summed E-state index contributed by atoms with van der Waals surface area (Å²) in [5.41, 5.74) is 1.86. The van der Waals surface area contributed by atoms with Gasteiger partial charge < -0.3 is 4.90 Å². The Morgan fingerprint density at radius 3 is 2.10 bits per heavy atom. The number of nitrogens with zero attached hydrogens (tertiary/aromatic N) is 2. The molecule has 29 heavy (non-hydrogen) atoms. The van der Waals surface area contributed by atoms with Crippen LogP contribution in [0.25, 0.3) is 5.57 Å². The molecule has 3 aliphatic heterocycles. The average Bonchev–Trinajstić information content (AvgIpc) is 3.07. The topological polar surface area (TPSA) is 57.7 Å². The van der Waals surface area contributed by atoms with Crippen molar-refractivity contribution >= 4 is 28.9 Å². The van der Waals surface area contributed by atoms with Gasteiger partial charge in [-0.1, -0.05) is 45.0 Å². The van der Waals surface area contributed by atoms with E-state index in [-0.39, 0.29) is 23.6 Å². The molecule has 2 amide bonds. The van der Waals surface area contributed by atoms with Crippen LogP contribution in [0.5, 0.6) is 0 Å². The van der Waals surface area contributed by atoms with E-state index in [1.807, 2.05) is 72.7 Å². The number of rotatable bonds is 1. The predicted molar refractivity (Wildman–Crippen MR) is 113 cm³/mol. The summed E-state index contributed by atoms with van der Waals surface area (Å²) in [5, 5.41) is 0. The minimum absolute atomic E-state index is 0.00895. The first-order chi connectivity index (χ1) is 13.4. The molecule has 0 aliphatic carbocycles. The number of imide groups is 1. The molecular formula is C24H30N2O3. The first-order valence-corrected chi connectivity index (χ1v) is 10.3. The molecular weight excluding hydrogens is 364 g/mol. The fourth-order valence-corrected chi connectivity index (χ4v) is 5.20. The molecule has 4 rings (SSSR count). The highest BCUT2D eigenvalue weighted by atomic mass is 16.2. The predicted octanol–water partition coefficient (Wildman–Crippen LogP) is 3.68. The van der Waals surface area contributed by atoms with E-state index < -0.39 is 28.8 Å². The van der Waals surface area contributed by atoms with Gasteiger partial charge in [0.15, 0.2) is 5.78 Å². The van der Waals surface area contributed by atoms with Crippen LogP contribution in [0, 0.1) is 17.3 Å². The summed E-state index contributed by atoms with van der Waals surface area (Å²) in [4.78, 5) is 44.1.